The molecule has 0 aromatic heterocycles. The predicted molar refractivity (Wildman–Crippen MR) is 139 cm³/mol. The first kappa shape index (κ1) is 23.6. The summed E-state index contributed by atoms with van der Waals surface area (Å²) < 4.78 is 0. The molecule has 2 amide bonds. The van der Waals surface area contributed by atoms with Gasteiger partial charge in [0.05, 0.1) is 0 Å². The fourth-order valence-corrected chi connectivity index (χ4v) is 5.28. The van der Waals surface area contributed by atoms with Gasteiger partial charge in [0.15, 0.2) is 0 Å². The summed E-state index contributed by atoms with van der Waals surface area (Å²) in [5, 5.41) is 0.634. The maximum Gasteiger partial charge on any atom is 0.254 e. The quantitative estimate of drug-likeness (QED) is 0.528. The van der Waals surface area contributed by atoms with Crippen molar-refractivity contribution in [2.45, 2.75) is 18.9 Å². The van der Waals surface area contributed by atoms with Gasteiger partial charge in [0.2, 0.25) is 0 Å². The van der Waals surface area contributed by atoms with E-state index in [1.54, 1.807) is 24.3 Å². The monoisotopic (exact) mass is 487 g/mol. The fraction of sp³-hybridized carbons (Fsp3) is 0.310. The number of carbonyl (C=O) groups excluding carboxylic acids is 2. The van der Waals surface area contributed by atoms with Crippen LogP contribution < -0.4 is 0 Å². The topological polar surface area (TPSA) is 43.9 Å². The van der Waals surface area contributed by atoms with E-state index in [1.165, 1.54) is 5.56 Å². The summed E-state index contributed by atoms with van der Waals surface area (Å²) in [5.74, 6) is 0.176. The number of nitrogens with zero attached hydrogens (tertiary/aromatic N) is 3. The van der Waals surface area contributed by atoms with Crippen molar-refractivity contribution in [3.8, 4) is 0 Å². The molecule has 180 valence electrons. The van der Waals surface area contributed by atoms with Crippen molar-refractivity contribution in [1.29, 1.82) is 0 Å². The molecule has 0 bridgehead atoms. The van der Waals surface area contributed by atoms with Gasteiger partial charge in [-0.15, -0.1) is 0 Å². The molecular formula is C29H30ClN3O2. The van der Waals surface area contributed by atoms with Crippen LogP contribution in [0.1, 0.15) is 38.3 Å². The van der Waals surface area contributed by atoms with Gasteiger partial charge in [0, 0.05) is 61.5 Å². The SMILES string of the molecule is O=C(c1ccc(Cl)cc1)N1CCN([C@H]2CCN(C(=O)c3ccccc3Cc3ccccc3)C2)CC1. The molecule has 2 saturated heterocycles. The second kappa shape index (κ2) is 10.6. The maximum absolute atomic E-state index is 13.5. The molecule has 0 unspecified atom stereocenters. The average molecular weight is 488 g/mol. The number of carbonyl (C=O) groups is 2. The van der Waals surface area contributed by atoms with Crippen LogP contribution >= 0.6 is 11.6 Å². The van der Waals surface area contributed by atoms with Gasteiger partial charge in [-0.25, -0.2) is 0 Å². The Labute approximate surface area is 211 Å². The zero-order chi connectivity index (χ0) is 24.2. The van der Waals surface area contributed by atoms with Gasteiger partial charge in [0.25, 0.3) is 11.8 Å². The molecule has 0 saturated carbocycles. The molecule has 0 radical (unpaired) electrons. The number of piperazine rings is 1. The van der Waals surface area contributed by atoms with Crippen LogP contribution in [-0.4, -0.2) is 71.8 Å². The minimum atomic E-state index is 0.0552. The highest BCUT2D eigenvalue weighted by atomic mass is 35.5. The van der Waals surface area contributed by atoms with Crippen LogP contribution in [0.25, 0.3) is 0 Å². The smallest absolute Gasteiger partial charge is 0.254 e. The normalized spacial score (nSPS) is 18.6. The Morgan fingerprint density at radius 1 is 0.743 bits per heavy atom. The van der Waals surface area contributed by atoms with E-state index in [9.17, 15) is 9.59 Å². The van der Waals surface area contributed by atoms with Crippen molar-refractivity contribution >= 4 is 23.4 Å². The molecule has 1 atom stereocenters. The second-order valence-corrected chi connectivity index (χ2v) is 9.78. The van der Waals surface area contributed by atoms with Crippen LogP contribution in [0.15, 0.2) is 78.9 Å². The van der Waals surface area contributed by atoms with E-state index in [1.807, 2.05) is 46.2 Å². The third-order valence-corrected chi connectivity index (χ3v) is 7.40. The Balaban J connectivity index is 1.18. The van der Waals surface area contributed by atoms with Crippen LogP contribution in [0.2, 0.25) is 5.02 Å². The summed E-state index contributed by atoms with van der Waals surface area (Å²) in [7, 11) is 0. The second-order valence-electron chi connectivity index (χ2n) is 9.35. The van der Waals surface area contributed by atoms with E-state index < -0.39 is 0 Å². The summed E-state index contributed by atoms with van der Waals surface area (Å²) in [6.07, 6.45) is 1.72. The summed E-state index contributed by atoms with van der Waals surface area (Å²) in [5.41, 5.74) is 3.75. The first-order valence-electron chi connectivity index (χ1n) is 12.3. The lowest BCUT2D eigenvalue weighted by Gasteiger charge is -2.38. The molecule has 2 fully saturated rings. The Morgan fingerprint density at radius 2 is 1.43 bits per heavy atom. The first-order chi connectivity index (χ1) is 17.1. The van der Waals surface area contributed by atoms with Gasteiger partial charge in [-0.05, 0) is 54.3 Å². The van der Waals surface area contributed by atoms with Crippen LogP contribution in [0, 0.1) is 0 Å². The van der Waals surface area contributed by atoms with E-state index in [0.29, 0.717) is 29.7 Å². The van der Waals surface area contributed by atoms with Gasteiger partial charge in [-0.1, -0.05) is 60.1 Å². The Bertz CT molecular complexity index is 1170. The highest BCUT2D eigenvalue weighted by Gasteiger charge is 2.33. The van der Waals surface area contributed by atoms with Crippen LogP contribution in [0.4, 0.5) is 0 Å². The number of halogens is 1. The zero-order valence-corrected chi connectivity index (χ0v) is 20.5. The molecule has 0 N–H and O–H groups in total. The summed E-state index contributed by atoms with van der Waals surface area (Å²) >= 11 is 5.95. The molecule has 5 nitrogen and oxygen atoms in total. The van der Waals surface area contributed by atoms with Crippen molar-refractivity contribution < 1.29 is 9.59 Å². The van der Waals surface area contributed by atoms with E-state index in [4.69, 9.17) is 11.6 Å². The van der Waals surface area contributed by atoms with Gasteiger partial charge in [-0.2, -0.15) is 0 Å². The number of amides is 2. The van der Waals surface area contributed by atoms with Crippen LogP contribution in [-0.2, 0) is 6.42 Å². The van der Waals surface area contributed by atoms with Crippen molar-refractivity contribution in [3.63, 3.8) is 0 Å². The lowest BCUT2D eigenvalue weighted by Crippen LogP contribution is -2.52. The molecule has 2 aliphatic rings. The molecule has 6 heteroatoms. The van der Waals surface area contributed by atoms with Crippen molar-refractivity contribution in [1.82, 2.24) is 14.7 Å². The van der Waals surface area contributed by atoms with E-state index >= 15 is 0 Å². The number of benzene rings is 3. The summed E-state index contributed by atoms with van der Waals surface area (Å²) in [6.45, 7) is 4.57. The lowest BCUT2D eigenvalue weighted by molar-refractivity contribution is 0.0568. The number of hydrogen-bond donors (Lipinski definition) is 0. The molecule has 3 aromatic carbocycles. The lowest BCUT2D eigenvalue weighted by atomic mass is 9.99. The van der Waals surface area contributed by atoms with Crippen LogP contribution in [0.5, 0.6) is 0 Å². The summed E-state index contributed by atoms with van der Waals surface area (Å²) in [4.78, 5) is 32.6. The minimum absolute atomic E-state index is 0.0552. The third-order valence-electron chi connectivity index (χ3n) is 7.14. The maximum atomic E-state index is 13.5. The van der Waals surface area contributed by atoms with Crippen molar-refractivity contribution in [2.24, 2.45) is 0 Å². The molecule has 0 spiro atoms. The standard InChI is InChI=1S/C29H30ClN3O2/c30-25-12-10-23(11-13-25)28(34)32-18-16-31(17-19-32)26-14-15-33(21-26)29(35)27-9-5-4-8-24(27)20-22-6-2-1-3-7-22/h1-13,26H,14-21H2/t26-/m0/s1. The van der Waals surface area contributed by atoms with Gasteiger partial charge >= 0.3 is 0 Å². The van der Waals surface area contributed by atoms with Crippen LogP contribution in [0.3, 0.4) is 0 Å². The number of rotatable bonds is 5. The van der Waals surface area contributed by atoms with Gasteiger partial charge in [-0.3, -0.25) is 14.5 Å². The Hall–Kier alpha value is -3.15. The van der Waals surface area contributed by atoms with E-state index in [2.05, 4.69) is 23.1 Å². The average Bonchev–Trinajstić information content (AvgIpc) is 3.40. The van der Waals surface area contributed by atoms with E-state index in [-0.39, 0.29) is 11.8 Å². The zero-order valence-electron chi connectivity index (χ0n) is 19.8. The predicted octanol–water partition coefficient (Wildman–Crippen LogP) is 4.60. The molecule has 5 rings (SSSR count). The number of hydrogen-bond acceptors (Lipinski definition) is 3. The van der Waals surface area contributed by atoms with E-state index in [0.717, 1.165) is 50.1 Å². The third kappa shape index (κ3) is 5.42. The van der Waals surface area contributed by atoms with Gasteiger partial charge < -0.3 is 9.80 Å². The van der Waals surface area contributed by atoms with Crippen molar-refractivity contribution in [3.05, 3.63) is 106 Å². The Morgan fingerprint density at radius 3 is 2.17 bits per heavy atom. The highest BCUT2D eigenvalue weighted by molar-refractivity contribution is 6.30. The first-order valence-corrected chi connectivity index (χ1v) is 12.7. The molecular weight excluding hydrogens is 458 g/mol. The Kier molecular flexibility index (Phi) is 7.16. The molecule has 2 heterocycles. The molecule has 3 aromatic rings. The molecule has 0 aliphatic carbocycles. The number of likely N-dealkylation sites (tertiary alicyclic amines) is 1. The molecule has 35 heavy (non-hydrogen) atoms. The summed E-state index contributed by atoms with van der Waals surface area (Å²) in [6, 6.07) is 25.7. The van der Waals surface area contributed by atoms with Gasteiger partial charge in [0.1, 0.15) is 0 Å². The largest absolute Gasteiger partial charge is 0.337 e. The highest BCUT2D eigenvalue weighted by Crippen LogP contribution is 2.23. The van der Waals surface area contributed by atoms with Crippen molar-refractivity contribution in [2.75, 3.05) is 39.3 Å². The fourth-order valence-electron chi connectivity index (χ4n) is 5.16. The minimum Gasteiger partial charge on any atom is -0.337 e. The molecule has 2 aliphatic heterocycles.